The van der Waals surface area contributed by atoms with Crippen LogP contribution in [0, 0.1) is 5.92 Å². The highest BCUT2D eigenvalue weighted by atomic mass is 16.5. The molecular weight excluding hydrogens is 310 g/mol. The molecular formula is C17H23N3O4. The molecule has 0 saturated carbocycles. The molecule has 2 fully saturated rings. The summed E-state index contributed by atoms with van der Waals surface area (Å²) >= 11 is 0. The number of hydrazine groups is 1. The third-order valence-corrected chi connectivity index (χ3v) is 4.86. The zero-order valence-electron chi connectivity index (χ0n) is 13.9. The van der Waals surface area contributed by atoms with Crippen LogP contribution in [-0.4, -0.2) is 54.2 Å². The molecule has 3 N–H and O–H groups in total. The van der Waals surface area contributed by atoms with E-state index in [0.29, 0.717) is 18.7 Å². The van der Waals surface area contributed by atoms with Crippen molar-refractivity contribution in [3.05, 3.63) is 29.8 Å². The van der Waals surface area contributed by atoms with E-state index in [2.05, 4.69) is 10.9 Å². The Morgan fingerprint density at radius 1 is 1.29 bits per heavy atom. The van der Waals surface area contributed by atoms with Gasteiger partial charge in [-0.05, 0) is 31.0 Å². The molecule has 4 atom stereocenters. The average Bonchev–Trinajstić information content (AvgIpc) is 3.21. The summed E-state index contributed by atoms with van der Waals surface area (Å²) in [6, 6.07) is 7.36. The maximum atomic E-state index is 12.7. The Bertz CT molecular complexity index is 636. The van der Waals surface area contributed by atoms with Crippen LogP contribution in [-0.2, 0) is 9.59 Å². The number of hydrogen-bond acceptors (Lipinski definition) is 5. The monoisotopic (exact) mass is 333 g/mol. The van der Waals surface area contributed by atoms with E-state index in [1.54, 1.807) is 12.0 Å². The highest BCUT2D eigenvalue weighted by Gasteiger charge is 2.42. The Labute approximate surface area is 140 Å². The van der Waals surface area contributed by atoms with E-state index in [4.69, 9.17) is 4.74 Å². The Morgan fingerprint density at radius 3 is 2.71 bits per heavy atom. The average molecular weight is 333 g/mol. The van der Waals surface area contributed by atoms with Crippen molar-refractivity contribution in [2.75, 3.05) is 20.2 Å². The summed E-state index contributed by atoms with van der Waals surface area (Å²) in [7, 11) is 1.58. The summed E-state index contributed by atoms with van der Waals surface area (Å²) in [6.45, 7) is 2.65. The first-order chi connectivity index (χ1) is 11.5. The lowest BCUT2D eigenvalue weighted by molar-refractivity contribution is -0.142. The minimum atomic E-state index is -0.871. The highest BCUT2D eigenvalue weighted by molar-refractivity contribution is 5.84. The van der Waals surface area contributed by atoms with E-state index in [1.165, 1.54) is 0 Å². The quantitative estimate of drug-likeness (QED) is 0.747. The van der Waals surface area contributed by atoms with Gasteiger partial charge in [0.25, 0.3) is 0 Å². The minimum Gasteiger partial charge on any atom is -0.497 e. The van der Waals surface area contributed by atoms with Gasteiger partial charge in [0, 0.05) is 25.0 Å². The number of aliphatic carboxylic acids is 1. The second-order valence-corrected chi connectivity index (χ2v) is 6.55. The standard InChI is InChI=1S/C17H23N3O4/c1-10-6-15(19-18-10)16(21)20-8-13(14(9-20)17(22)23)11-4-3-5-12(7-11)24-2/h3-5,7,10,13-15,18-19H,6,8-9H2,1-2H3,(H,22,23)/t10?,13-,14+,15?/m1/s1. The molecule has 1 aromatic carbocycles. The second kappa shape index (κ2) is 6.78. The van der Waals surface area contributed by atoms with Crippen molar-refractivity contribution in [1.29, 1.82) is 0 Å². The number of nitrogens with one attached hydrogen (secondary N) is 2. The summed E-state index contributed by atoms with van der Waals surface area (Å²) in [5.74, 6) is -1.05. The number of benzene rings is 1. The van der Waals surface area contributed by atoms with Gasteiger partial charge in [0.05, 0.1) is 13.0 Å². The number of rotatable bonds is 4. The van der Waals surface area contributed by atoms with Gasteiger partial charge in [0.15, 0.2) is 0 Å². The summed E-state index contributed by atoms with van der Waals surface area (Å²) in [5.41, 5.74) is 6.92. The van der Waals surface area contributed by atoms with Gasteiger partial charge in [0.2, 0.25) is 5.91 Å². The van der Waals surface area contributed by atoms with Gasteiger partial charge in [-0.1, -0.05) is 12.1 Å². The number of carboxylic acids is 1. The van der Waals surface area contributed by atoms with Crippen molar-refractivity contribution in [2.24, 2.45) is 5.92 Å². The molecule has 0 aliphatic carbocycles. The van der Waals surface area contributed by atoms with Crippen molar-refractivity contribution in [3.8, 4) is 5.75 Å². The van der Waals surface area contributed by atoms with Crippen LogP contribution in [0.25, 0.3) is 0 Å². The van der Waals surface area contributed by atoms with E-state index in [9.17, 15) is 14.7 Å². The van der Waals surface area contributed by atoms with E-state index < -0.39 is 11.9 Å². The maximum Gasteiger partial charge on any atom is 0.308 e. The Balaban J connectivity index is 1.79. The van der Waals surface area contributed by atoms with Gasteiger partial charge in [-0.3, -0.25) is 15.0 Å². The van der Waals surface area contributed by atoms with E-state index >= 15 is 0 Å². The molecule has 7 heteroatoms. The maximum absolute atomic E-state index is 12.7. The molecule has 1 aromatic rings. The molecule has 0 spiro atoms. The predicted molar refractivity (Wildman–Crippen MR) is 87.6 cm³/mol. The van der Waals surface area contributed by atoms with Crippen molar-refractivity contribution in [2.45, 2.75) is 31.3 Å². The van der Waals surface area contributed by atoms with Crippen LogP contribution < -0.4 is 15.6 Å². The fourth-order valence-corrected chi connectivity index (χ4v) is 3.54. The number of amides is 1. The Kier molecular flexibility index (Phi) is 4.73. The minimum absolute atomic E-state index is 0.0384. The topological polar surface area (TPSA) is 90.9 Å². The summed E-state index contributed by atoms with van der Waals surface area (Å²) in [4.78, 5) is 26.0. The number of carbonyl (C=O) groups excluding carboxylic acids is 1. The summed E-state index contributed by atoms with van der Waals surface area (Å²) in [5, 5.41) is 9.58. The first-order valence-electron chi connectivity index (χ1n) is 8.16. The van der Waals surface area contributed by atoms with Gasteiger partial charge >= 0.3 is 5.97 Å². The van der Waals surface area contributed by atoms with Crippen LogP contribution in [0.15, 0.2) is 24.3 Å². The molecule has 2 saturated heterocycles. The van der Waals surface area contributed by atoms with Crippen molar-refractivity contribution in [3.63, 3.8) is 0 Å². The molecule has 1 amide bonds. The van der Waals surface area contributed by atoms with E-state index in [0.717, 1.165) is 5.56 Å². The lowest BCUT2D eigenvalue weighted by Crippen LogP contribution is -2.45. The normalized spacial score (nSPS) is 29.7. The molecule has 3 rings (SSSR count). The Morgan fingerprint density at radius 2 is 2.08 bits per heavy atom. The number of carboxylic acid groups (broad SMARTS) is 1. The molecule has 0 radical (unpaired) electrons. The van der Waals surface area contributed by atoms with Crippen LogP contribution >= 0.6 is 0 Å². The molecule has 130 valence electrons. The van der Waals surface area contributed by atoms with Gasteiger partial charge in [0.1, 0.15) is 11.8 Å². The predicted octanol–water partition coefficient (Wildman–Crippen LogP) is 0.577. The van der Waals surface area contributed by atoms with Crippen molar-refractivity contribution >= 4 is 11.9 Å². The summed E-state index contributed by atoms with van der Waals surface area (Å²) in [6.07, 6.45) is 0.705. The molecule has 2 aliphatic rings. The molecule has 2 heterocycles. The first kappa shape index (κ1) is 16.7. The largest absolute Gasteiger partial charge is 0.497 e. The number of carbonyl (C=O) groups is 2. The fraction of sp³-hybridized carbons (Fsp3) is 0.529. The van der Waals surface area contributed by atoms with E-state index in [1.807, 2.05) is 31.2 Å². The third kappa shape index (κ3) is 3.22. The first-order valence-corrected chi connectivity index (χ1v) is 8.16. The number of nitrogens with zero attached hydrogens (tertiary/aromatic N) is 1. The lowest BCUT2D eigenvalue weighted by Gasteiger charge is -2.20. The van der Waals surface area contributed by atoms with E-state index in [-0.39, 0.29) is 30.5 Å². The number of ether oxygens (including phenoxy) is 1. The molecule has 0 bridgehead atoms. The third-order valence-electron chi connectivity index (χ3n) is 4.86. The molecule has 7 nitrogen and oxygen atoms in total. The lowest BCUT2D eigenvalue weighted by atomic mass is 9.89. The molecule has 0 aromatic heterocycles. The zero-order chi connectivity index (χ0) is 17.3. The summed E-state index contributed by atoms with van der Waals surface area (Å²) < 4.78 is 5.23. The zero-order valence-corrected chi connectivity index (χ0v) is 13.9. The van der Waals surface area contributed by atoms with Crippen LogP contribution in [0.4, 0.5) is 0 Å². The van der Waals surface area contributed by atoms with Crippen LogP contribution in [0.3, 0.4) is 0 Å². The molecule has 24 heavy (non-hydrogen) atoms. The molecule has 2 aliphatic heterocycles. The highest BCUT2D eigenvalue weighted by Crippen LogP contribution is 2.35. The van der Waals surface area contributed by atoms with Gasteiger partial charge in [-0.25, -0.2) is 5.43 Å². The number of methoxy groups -OCH3 is 1. The number of likely N-dealkylation sites (tertiary alicyclic amines) is 1. The molecule has 2 unspecified atom stereocenters. The van der Waals surface area contributed by atoms with Gasteiger partial charge < -0.3 is 14.7 Å². The van der Waals surface area contributed by atoms with Gasteiger partial charge in [-0.15, -0.1) is 0 Å². The smallest absolute Gasteiger partial charge is 0.308 e. The fourth-order valence-electron chi connectivity index (χ4n) is 3.54. The van der Waals surface area contributed by atoms with Crippen LogP contribution in [0.2, 0.25) is 0 Å². The van der Waals surface area contributed by atoms with Crippen molar-refractivity contribution in [1.82, 2.24) is 15.8 Å². The Hall–Kier alpha value is -2.12. The van der Waals surface area contributed by atoms with Crippen LogP contribution in [0.1, 0.15) is 24.8 Å². The van der Waals surface area contributed by atoms with Gasteiger partial charge in [-0.2, -0.15) is 0 Å². The van der Waals surface area contributed by atoms with Crippen LogP contribution in [0.5, 0.6) is 5.75 Å². The van der Waals surface area contributed by atoms with Crippen molar-refractivity contribution < 1.29 is 19.4 Å². The SMILES string of the molecule is COc1cccc([C@H]2CN(C(=O)C3CC(C)NN3)C[C@@H]2C(=O)O)c1. The number of hydrogen-bond donors (Lipinski definition) is 3. The second-order valence-electron chi connectivity index (χ2n) is 6.55.